The molecule has 0 radical (unpaired) electrons. The predicted molar refractivity (Wildman–Crippen MR) is 164 cm³/mol. The van der Waals surface area contributed by atoms with Gasteiger partial charge < -0.3 is 20.0 Å². The molecule has 0 spiro atoms. The van der Waals surface area contributed by atoms with Crippen LogP contribution in [0.4, 0.5) is 0 Å². The average Bonchev–Trinajstić information content (AvgIpc) is 2.88. The summed E-state index contributed by atoms with van der Waals surface area (Å²) in [6, 6.07) is 22.2. The van der Waals surface area contributed by atoms with Crippen LogP contribution >= 0.6 is 0 Å². The van der Waals surface area contributed by atoms with Crippen LogP contribution in [0.15, 0.2) is 72.8 Å². The minimum absolute atomic E-state index is 0.0397. The molecule has 6 heteroatoms. The highest BCUT2D eigenvalue weighted by Gasteiger charge is 2.25. The Morgan fingerprint density at radius 1 is 0.500 bits per heavy atom. The van der Waals surface area contributed by atoms with Gasteiger partial charge in [-0.2, -0.15) is 0 Å². The molecule has 4 aromatic carbocycles. The molecule has 2 amide bonds. The van der Waals surface area contributed by atoms with E-state index in [-0.39, 0.29) is 47.5 Å². The summed E-state index contributed by atoms with van der Waals surface area (Å²) in [5.41, 5.74) is 1.12. The average molecular weight is 543 g/mol. The molecule has 0 bridgehead atoms. The van der Waals surface area contributed by atoms with E-state index in [1.54, 1.807) is 36.4 Å². The SMILES string of the molecule is CC(C)N(C(=O)c1cccc2cccc(O)c12)C(C)C.CC(C)N(C(=O)c1cccc2cccc(O)c12)C(C)C. The van der Waals surface area contributed by atoms with Gasteiger partial charge in [0.15, 0.2) is 0 Å². The van der Waals surface area contributed by atoms with E-state index in [1.807, 2.05) is 102 Å². The lowest BCUT2D eigenvalue weighted by Gasteiger charge is -2.31. The van der Waals surface area contributed by atoms with Crippen LogP contribution < -0.4 is 0 Å². The molecule has 0 unspecified atom stereocenters. The van der Waals surface area contributed by atoms with Gasteiger partial charge in [-0.05, 0) is 90.4 Å². The van der Waals surface area contributed by atoms with E-state index in [4.69, 9.17) is 0 Å². The van der Waals surface area contributed by atoms with Gasteiger partial charge in [-0.3, -0.25) is 9.59 Å². The normalized spacial score (nSPS) is 11.3. The first kappa shape index (κ1) is 30.5. The zero-order valence-electron chi connectivity index (χ0n) is 24.8. The summed E-state index contributed by atoms with van der Waals surface area (Å²) in [5, 5.41) is 23.2. The maximum absolute atomic E-state index is 12.8. The third-order valence-electron chi connectivity index (χ3n) is 6.92. The Morgan fingerprint density at radius 3 is 1.05 bits per heavy atom. The fourth-order valence-electron chi connectivity index (χ4n) is 5.41. The van der Waals surface area contributed by atoms with Crippen molar-refractivity contribution < 1.29 is 19.8 Å². The van der Waals surface area contributed by atoms with Crippen LogP contribution in [0.3, 0.4) is 0 Å². The van der Waals surface area contributed by atoms with Gasteiger partial charge in [0.25, 0.3) is 11.8 Å². The van der Waals surface area contributed by atoms with Crippen LogP contribution in [0.1, 0.15) is 76.1 Å². The summed E-state index contributed by atoms with van der Waals surface area (Å²) in [7, 11) is 0. The Kier molecular flexibility index (Phi) is 9.80. The predicted octanol–water partition coefficient (Wildman–Crippen LogP) is 7.61. The van der Waals surface area contributed by atoms with Crippen molar-refractivity contribution in [1.82, 2.24) is 9.80 Å². The molecule has 40 heavy (non-hydrogen) atoms. The molecule has 0 aliphatic rings. The van der Waals surface area contributed by atoms with Gasteiger partial charge in [-0.25, -0.2) is 0 Å². The van der Waals surface area contributed by atoms with Crippen molar-refractivity contribution in [1.29, 1.82) is 0 Å². The lowest BCUT2D eigenvalue weighted by atomic mass is 10.0. The third kappa shape index (κ3) is 6.39. The number of nitrogens with zero attached hydrogens (tertiary/aromatic N) is 2. The maximum Gasteiger partial charge on any atom is 0.255 e. The molecule has 0 aliphatic heterocycles. The number of hydrogen-bond donors (Lipinski definition) is 2. The van der Waals surface area contributed by atoms with Gasteiger partial charge in [0.2, 0.25) is 0 Å². The molecule has 0 atom stereocenters. The second-order valence-corrected chi connectivity index (χ2v) is 11.2. The van der Waals surface area contributed by atoms with Crippen LogP contribution in [-0.4, -0.2) is 56.0 Å². The van der Waals surface area contributed by atoms with Crippen LogP contribution in [-0.2, 0) is 0 Å². The first-order valence-electron chi connectivity index (χ1n) is 13.9. The second kappa shape index (κ2) is 12.9. The summed E-state index contributed by atoms with van der Waals surface area (Å²) in [6.07, 6.45) is 0. The van der Waals surface area contributed by atoms with E-state index in [0.29, 0.717) is 21.9 Å². The molecule has 0 heterocycles. The minimum atomic E-state index is -0.0397. The zero-order chi connectivity index (χ0) is 29.7. The lowest BCUT2D eigenvalue weighted by Crippen LogP contribution is -2.42. The summed E-state index contributed by atoms with van der Waals surface area (Å²) in [5.74, 6) is 0.224. The van der Waals surface area contributed by atoms with Gasteiger partial charge >= 0.3 is 0 Å². The Balaban J connectivity index is 0.000000220. The molecule has 0 aliphatic carbocycles. The van der Waals surface area contributed by atoms with Crippen molar-refractivity contribution in [3.05, 3.63) is 83.9 Å². The van der Waals surface area contributed by atoms with Crippen LogP contribution in [0.2, 0.25) is 0 Å². The third-order valence-corrected chi connectivity index (χ3v) is 6.92. The zero-order valence-corrected chi connectivity index (χ0v) is 24.8. The Morgan fingerprint density at radius 2 is 0.775 bits per heavy atom. The van der Waals surface area contributed by atoms with E-state index in [9.17, 15) is 19.8 Å². The smallest absolute Gasteiger partial charge is 0.255 e. The molecule has 0 saturated carbocycles. The number of hydrogen-bond acceptors (Lipinski definition) is 4. The fraction of sp³-hybridized carbons (Fsp3) is 0.353. The van der Waals surface area contributed by atoms with Crippen molar-refractivity contribution >= 4 is 33.4 Å². The van der Waals surface area contributed by atoms with Crippen molar-refractivity contribution in [2.45, 2.75) is 79.6 Å². The van der Waals surface area contributed by atoms with E-state index in [1.165, 1.54) is 0 Å². The molecule has 2 N–H and O–H groups in total. The van der Waals surface area contributed by atoms with Crippen LogP contribution in [0.5, 0.6) is 11.5 Å². The molecule has 4 aromatic rings. The number of carbonyl (C=O) groups is 2. The largest absolute Gasteiger partial charge is 0.507 e. The van der Waals surface area contributed by atoms with Crippen LogP contribution in [0.25, 0.3) is 21.5 Å². The Bertz CT molecular complexity index is 1350. The number of fused-ring (bicyclic) bond motifs is 2. The molecular weight excluding hydrogens is 500 g/mol. The first-order valence-corrected chi connectivity index (χ1v) is 13.9. The van der Waals surface area contributed by atoms with Gasteiger partial charge in [0.1, 0.15) is 11.5 Å². The maximum atomic E-state index is 12.8. The number of phenolic OH excluding ortho intramolecular Hbond substituents is 2. The molecule has 0 saturated heterocycles. The minimum Gasteiger partial charge on any atom is -0.507 e. The Labute approximate surface area is 237 Å². The highest BCUT2D eigenvalue weighted by molar-refractivity contribution is 6.10. The molecule has 0 aromatic heterocycles. The Hall–Kier alpha value is -4.06. The van der Waals surface area contributed by atoms with E-state index < -0.39 is 0 Å². The summed E-state index contributed by atoms with van der Waals surface area (Å²) in [4.78, 5) is 29.3. The van der Waals surface area contributed by atoms with E-state index >= 15 is 0 Å². The second-order valence-electron chi connectivity index (χ2n) is 11.2. The van der Waals surface area contributed by atoms with E-state index in [2.05, 4.69) is 0 Å². The standard InChI is InChI=1S/2C17H21NO2/c2*1-11(2)18(12(3)4)17(20)14-9-5-7-13-8-6-10-15(19)16(13)14/h2*5-12,19H,1-4H3. The number of aromatic hydroxyl groups is 2. The van der Waals surface area contributed by atoms with Gasteiger partial charge in [-0.1, -0.05) is 48.5 Å². The summed E-state index contributed by atoms with van der Waals surface area (Å²) in [6.45, 7) is 16.0. The molecule has 4 rings (SSSR count). The van der Waals surface area contributed by atoms with Crippen LogP contribution in [0, 0.1) is 0 Å². The number of amides is 2. The molecule has 0 fully saturated rings. The van der Waals surface area contributed by atoms with Crippen molar-refractivity contribution in [3.63, 3.8) is 0 Å². The highest BCUT2D eigenvalue weighted by atomic mass is 16.3. The van der Waals surface area contributed by atoms with Gasteiger partial charge in [0.05, 0.1) is 11.1 Å². The first-order chi connectivity index (χ1) is 18.9. The summed E-state index contributed by atoms with van der Waals surface area (Å²) < 4.78 is 0. The van der Waals surface area contributed by atoms with Gasteiger partial charge in [0, 0.05) is 34.9 Å². The molecular formula is C34H42N2O4. The number of rotatable bonds is 6. The van der Waals surface area contributed by atoms with Crippen molar-refractivity contribution in [2.24, 2.45) is 0 Å². The highest BCUT2D eigenvalue weighted by Crippen LogP contribution is 2.30. The topological polar surface area (TPSA) is 81.1 Å². The fourth-order valence-corrected chi connectivity index (χ4v) is 5.41. The monoisotopic (exact) mass is 542 g/mol. The van der Waals surface area contributed by atoms with E-state index in [0.717, 1.165) is 10.8 Å². The quantitative estimate of drug-likeness (QED) is 0.263. The number of benzene rings is 4. The lowest BCUT2D eigenvalue weighted by molar-refractivity contribution is 0.0636. The van der Waals surface area contributed by atoms with Crippen molar-refractivity contribution in [3.8, 4) is 11.5 Å². The number of phenols is 2. The molecule has 6 nitrogen and oxygen atoms in total. The molecule has 212 valence electrons. The van der Waals surface area contributed by atoms with Gasteiger partial charge in [-0.15, -0.1) is 0 Å². The number of carbonyl (C=O) groups excluding carboxylic acids is 2. The van der Waals surface area contributed by atoms with Crippen molar-refractivity contribution in [2.75, 3.05) is 0 Å². The summed E-state index contributed by atoms with van der Waals surface area (Å²) >= 11 is 0.